The highest BCUT2D eigenvalue weighted by atomic mass is 28.4. The fourth-order valence-corrected chi connectivity index (χ4v) is 12.9. The summed E-state index contributed by atoms with van der Waals surface area (Å²) in [4.78, 5) is 0. The Hall–Kier alpha value is -1.17. The molecular weight excluding hydrogens is 360 g/mol. The first kappa shape index (κ1) is 22.1. The van der Waals surface area contributed by atoms with Crippen molar-refractivity contribution in [2.45, 2.75) is 77.8 Å². The Labute approximate surface area is 169 Å². The summed E-state index contributed by atoms with van der Waals surface area (Å²) >= 11 is 0. The first-order valence-corrected chi connectivity index (χ1v) is 16.7. The van der Waals surface area contributed by atoms with Crippen molar-refractivity contribution in [2.75, 3.05) is 0 Å². The van der Waals surface area contributed by atoms with E-state index in [1.807, 2.05) is 0 Å². The smallest absolute Gasteiger partial charge is 0.173 e. The van der Waals surface area contributed by atoms with E-state index in [4.69, 9.17) is 4.12 Å². The Morgan fingerprint density at radius 2 is 1.00 bits per heavy atom. The lowest BCUT2D eigenvalue weighted by molar-refractivity contribution is 0.530. The Balaban J connectivity index is 1.78. The van der Waals surface area contributed by atoms with Crippen LogP contribution < -0.4 is 0 Å². The van der Waals surface area contributed by atoms with Crippen LogP contribution in [0.15, 0.2) is 48.5 Å². The molecule has 0 radical (unpaired) electrons. The van der Waals surface area contributed by atoms with Crippen molar-refractivity contribution in [2.24, 2.45) is 0 Å². The summed E-state index contributed by atoms with van der Waals surface area (Å²) in [7, 11) is -3.18. The van der Waals surface area contributed by atoms with Crippen LogP contribution in [0.1, 0.15) is 35.1 Å². The van der Waals surface area contributed by atoms with Crippen LogP contribution in [0.2, 0.25) is 38.3 Å². The normalized spacial score (nSPS) is 12.4. The molecule has 0 aliphatic rings. The van der Waals surface area contributed by atoms with E-state index < -0.39 is 16.6 Å². The third-order valence-corrected chi connectivity index (χ3v) is 13.1. The summed E-state index contributed by atoms with van der Waals surface area (Å²) in [5.74, 6) is 0. The Kier molecular flexibility index (Phi) is 8.08. The number of aryl methyl sites for hydroxylation is 4. The molecule has 0 N–H and O–H groups in total. The molecular formula is C24H38OSi2. The van der Waals surface area contributed by atoms with Crippen LogP contribution >= 0.6 is 0 Å². The lowest BCUT2D eigenvalue weighted by Crippen LogP contribution is -2.44. The highest BCUT2D eigenvalue weighted by Crippen LogP contribution is 2.26. The minimum Gasteiger partial charge on any atom is -0.455 e. The Morgan fingerprint density at radius 3 is 1.37 bits per heavy atom. The molecule has 0 aliphatic heterocycles. The molecule has 2 rings (SSSR count). The molecule has 0 spiro atoms. The van der Waals surface area contributed by atoms with Crippen molar-refractivity contribution in [1.82, 2.24) is 0 Å². The van der Waals surface area contributed by atoms with E-state index in [-0.39, 0.29) is 0 Å². The third-order valence-electron chi connectivity index (χ3n) is 5.53. The molecule has 0 amide bonds. The molecule has 0 saturated carbocycles. The Morgan fingerprint density at radius 1 is 0.630 bits per heavy atom. The molecule has 0 bridgehead atoms. The van der Waals surface area contributed by atoms with Crippen molar-refractivity contribution < 1.29 is 4.12 Å². The molecule has 0 unspecified atom stereocenters. The van der Waals surface area contributed by atoms with Gasteiger partial charge < -0.3 is 4.12 Å². The van der Waals surface area contributed by atoms with E-state index in [0.717, 1.165) is 0 Å². The average molecular weight is 399 g/mol. The summed E-state index contributed by atoms with van der Waals surface area (Å²) in [6, 6.07) is 20.1. The van der Waals surface area contributed by atoms with Crippen LogP contribution in [0.5, 0.6) is 0 Å². The van der Waals surface area contributed by atoms with Gasteiger partial charge in [-0.1, -0.05) is 48.5 Å². The van der Waals surface area contributed by atoms with Crippen molar-refractivity contribution in [3.05, 3.63) is 70.8 Å². The first-order chi connectivity index (χ1) is 12.7. The molecule has 2 aromatic rings. The maximum absolute atomic E-state index is 6.84. The van der Waals surface area contributed by atoms with Gasteiger partial charge in [0.25, 0.3) is 0 Å². The third kappa shape index (κ3) is 7.77. The fraction of sp³-hybridized carbons (Fsp3) is 0.500. The first-order valence-electron chi connectivity index (χ1n) is 10.5. The van der Waals surface area contributed by atoms with Crippen molar-refractivity contribution in [3.8, 4) is 0 Å². The van der Waals surface area contributed by atoms with Gasteiger partial charge in [-0.3, -0.25) is 0 Å². The van der Waals surface area contributed by atoms with Gasteiger partial charge in [-0.25, -0.2) is 0 Å². The summed E-state index contributed by atoms with van der Waals surface area (Å²) in [5.41, 5.74) is 5.83. The van der Waals surface area contributed by atoms with Crippen LogP contribution in [-0.2, 0) is 17.0 Å². The number of rotatable bonds is 10. The highest BCUT2D eigenvalue weighted by molar-refractivity contribution is 6.84. The molecule has 0 saturated heterocycles. The van der Waals surface area contributed by atoms with E-state index in [1.54, 1.807) is 0 Å². The van der Waals surface area contributed by atoms with Gasteiger partial charge in [0.2, 0.25) is 0 Å². The summed E-state index contributed by atoms with van der Waals surface area (Å²) in [6.45, 7) is 14.1. The molecule has 0 aliphatic carbocycles. The zero-order valence-electron chi connectivity index (χ0n) is 18.3. The number of benzene rings is 2. The maximum Gasteiger partial charge on any atom is 0.173 e. The van der Waals surface area contributed by atoms with Crippen LogP contribution in [0.25, 0.3) is 0 Å². The molecule has 0 aromatic heterocycles. The van der Waals surface area contributed by atoms with E-state index in [1.165, 1.54) is 60.0 Å². The van der Waals surface area contributed by atoms with Crippen LogP contribution in [-0.4, -0.2) is 16.6 Å². The topological polar surface area (TPSA) is 9.23 Å². The highest BCUT2D eigenvalue weighted by Gasteiger charge is 2.32. The largest absolute Gasteiger partial charge is 0.455 e. The quantitative estimate of drug-likeness (QED) is 0.382. The second kappa shape index (κ2) is 9.86. The molecule has 27 heavy (non-hydrogen) atoms. The van der Waals surface area contributed by atoms with Gasteiger partial charge in [0, 0.05) is 0 Å². The average Bonchev–Trinajstić information content (AvgIpc) is 2.57. The SMILES string of the molecule is Cc1ccccc1CCC[Si](C)(C)O[Si](C)(C)CCCc1ccccc1C. The molecule has 0 fully saturated rings. The Bertz CT molecular complexity index is 660. The minimum absolute atomic E-state index is 1.18. The van der Waals surface area contributed by atoms with Gasteiger partial charge in [0.15, 0.2) is 16.6 Å². The van der Waals surface area contributed by atoms with Crippen LogP contribution in [0, 0.1) is 13.8 Å². The van der Waals surface area contributed by atoms with E-state index in [2.05, 4.69) is 88.6 Å². The molecule has 1 nitrogen and oxygen atoms in total. The lowest BCUT2D eigenvalue weighted by atomic mass is 10.1. The standard InChI is InChI=1S/C24H38OSi2/c1-21-13-7-9-15-23(21)17-11-19-26(3,4)25-27(5,6)20-12-18-24-16-10-8-14-22(24)2/h7-10,13-16H,11-12,17-20H2,1-6H3. The zero-order valence-corrected chi connectivity index (χ0v) is 20.3. The molecule has 0 heterocycles. The molecule has 2 aromatic carbocycles. The van der Waals surface area contributed by atoms with Crippen molar-refractivity contribution in [3.63, 3.8) is 0 Å². The summed E-state index contributed by atoms with van der Waals surface area (Å²) in [6.07, 6.45) is 4.86. The molecule has 3 heteroatoms. The van der Waals surface area contributed by atoms with Gasteiger partial charge in [-0.15, -0.1) is 0 Å². The number of hydrogen-bond donors (Lipinski definition) is 0. The van der Waals surface area contributed by atoms with E-state index in [0.29, 0.717) is 0 Å². The number of hydrogen-bond acceptors (Lipinski definition) is 1. The van der Waals surface area contributed by atoms with Gasteiger partial charge in [0.1, 0.15) is 0 Å². The predicted octanol–water partition coefficient (Wildman–Crippen LogP) is 7.30. The lowest BCUT2D eigenvalue weighted by Gasteiger charge is -2.34. The van der Waals surface area contributed by atoms with Gasteiger partial charge in [-0.2, -0.15) is 0 Å². The van der Waals surface area contributed by atoms with Crippen molar-refractivity contribution in [1.29, 1.82) is 0 Å². The van der Waals surface area contributed by atoms with Gasteiger partial charge >= 0.3 is 0 Å². The fourth-order valence-electron chi connectivity index (χ4n) is 4.04. The molecule has 0 atom stereocenters. The summed E-state index contributed by atoms with van der Waals surface area (Å²) < 4.78 is 6.84. The second-order valence-corrected chi connectivity index (χ2v) is 18.0. The maximum atomic E-state index is 6.84. The van der Waals surface area contributed by atoms with Gasteiger partial charge in [-0.05, 0) is 100 Å². The molecule has 148 valence electrons. The van der Waals surface area contributed by atoms with Crippen molar-refractivity contribution >= 4 is 16.6 Å². The van der Waals surface area contributed by atoms with Crippen LogP contribution in [0.3, 0.4) is 0 Å². The van der Waals surface area contributed by atoms with E-state index in [9.17, 15) is 0 Å². The summed E-state index contributed by atoms with van der Waals surface area (Å²) in [5, 5.41) is 0. The monoisotopic (exact) mass is 398 g/mol. The van der Waals surface area contributed by atoms with Crippen LogP contribution in [0.4, 0.5) is 0 Å². The van der Waals surface area contributed by atoms with E-state index >= 15 is 0 Å². The minimum atomic E-state index is -1.59. The van der Waals surface area contributed by atoms with Gasteiger partial charge in [0.05, 0.1) is 0 Å². The second-order valence-electron chi connectivity index (χ2n) is 9.18. The zero-order chi connectivity index (χ0) is 19.9. The predicted molar refractivity (Wildman–Crippen MR) is 125 cm³/mol.